The molecule has 0 aliphatic carbocycles. The highest BCUT2D eigenvalue weighted by atomic mass is 16.6. The molecular formula is C16H20N2O4. The van der Waals surface area contributed by atoms with Gasteiger partial charge in [0, 0.05) is 36.9 Å². The van der Waals surface area contributed by atoms with Gasteiger partial charge in [0.15, 0.2) is 5.78 Å². The first-order valence-corrected chi connectivity index (χ1v) is 7.25. The summed E-state index contributed by atoms with van der Waals surface area (Å²) >= 11 is 0. The molecule has 0 saturated heterocycles. The molecule has 0 aliphatic heterocycles. The van der Waals surface area contributed by atoms with Crippen LogP contribution in [0.3, 0.4) is 0 Å². The summed E-state index contributed by atoms with van der Waals surface area (Å²) in [6, 6.07) is 5.29. The Kier molecular flexibility index (Phi) is 6.95. The van der Waals surface area contributed by atoms with E-state index in [2.05, 4.69) is 0 Å². The molecule has 1 amide bonds. The van der Waals surface area contributed by atoms with Crippen LogP contribution in [0.15, 0.2) is 36.4 Å². The smallest absolute Gasteiger partial charge is 0.269 e. The van der Waals surface area contributed by atoms with E-state index in [-0.39, 0.29) is 17.4 Å². The summed E-state index contributed by atoms with van der Waals surface area (Å²) in [6.07, 6.45) is 4.18. The fraction of sp³-hybridized carbons (Fsp3) is 0.375. The van der Waals surface area contributed by atoms with Gasteiger partial charge in [-0.15, -0.1) is 0 Å². The summed E-state index contributed by atoms with van der Waals surface area (Å²) in [6.45, 7) is 5.29. The van der Waals surface area contributed by atoms with Crippen LogP contribution in [0.2, 0.25) is 0 Å². The van der Waals surface area contributed by atoms with Crippen molar-refractivity contribution in [2.75, 3.05) is 13.1 Å². The third-order valence-corrected chi connectivity index (χ3v) is 3.04. The van der Waals surface area contributed by atoms with Gasteiger partial charge in [-0.1, -0.05) is 13.8 Å². The molecule has 0 spiro atoms. The van der Waals surface area contributed by atoms with Gasteiger partial charge in [0.05, 0.1) is 4.92 Å². The highest BCUT2D eigenvalue weighted by Crippen LogP contribution is 2.12. The Balaban J connectivity index is 2.73. The van der Waals surface area contributed by atoms with Crippen molar-refractivity contribution in [3.8, 4) is 0 Å². The summed E-state index contributed by atoms with van der Waals surface area (Å²) in [5.41, 5.74) is 0.237. The Labute approximate surface area is 129 Å². The van der Waals surface area contributed by atoms with E-state index in [1.54, 1.807) is 4.90 Å². The van der Waals surface area contributed by atoms with E-state index in [0.29, 0.717) is 18.7 Å². The molecule has 0 aromatic heterocycles. The average Bonchev–Trinajstić information content (AvgIpc) is 2.52. The van der Waals surface area contributed by atoms with Gasteiger partial charge in [-0.3, -0.25) is 19.7 Å². The van der Waals surface area contributed by atoms with E-state index in [1.807, 2.05) is 13.8 Å². The molecule has 0 heterocycles. The van der Waals surface area contributed by atoms with E-state index in [4.69, 9.17) is 0 Å². The zero-order valence-electron chi connectivity index (χ0n) is 12.8. The molecule has 0 N–H and O–H groups in total. The van der Waals surface area contributed by atoms with Gasteiger partial charge >= 0.3 is 0 Å². The molecule has 0 aliphatic rings. The van der Waals surface area contributed by atoms with Crippen LogP contribution in [0.5, 0.6) is 0 Å². The highest BCUT2D eigenvalue weighted by Gasteiger charge is 2.10. The fourth-order valence-electron chi connectivity index (χ4n) is 1.97. The molecule has 6 nitrogen and oxygen atoms in total. The first-order chi connectivity index (χ1) is 10.5. The van der Waals surface area contributed by atoms with E-state index in [1.165, 1.54) is 36.4 Å². The second-order valence-electron chi connectivity index (χ2n) is 4.83. The normalized spacial score (nSPS) is 10.6. The van der Waals surface area contributed by atoms with Gasteiger partial charge < -0.3 is 4.90 Å². The van der Waals surface area contributed by atoms with Crippen LogP contribution >= 0.6 is 0 Å². The van der Waals surface area contributed by atoms with Crippen LogP contribution in [0.1, 0.15) is 37.0 Å². The second kappa shape index (κ2) is 8.71. The molecule has 0 radical (unpaired) electrons. The van der Waals surface area contributed by atoms with Gasteiger partial charge in [0.1, 0.15) is 0 Å². The van der Waals surface area contributed by atoms with Crippen molar-refractivity contribution in [3.63, 3.8) is 0 Å². The van der Waals surface area contributed by atoms with Crippen molar-refractivity contribution in [1.82, 2.24) is 4.90 Å². The summed E-state index contributed by atoms with van der Waals surface area (Å²) in [5.74, 6) is -0.546. The molecule has 0 fully saturated rings. The van der Waals surface area contributed by atoms with Crippen molar-refractivity contribution < 1.29 is 14.5 Å². The molecule has 22 heavy (non-hydrogen) atoms. The number of rotatable bonds is 8. The van der Waals surface area contributed by atoms with Crippen LogP contribution in [-0.2, 0) is 4.79 Å². The van der Waals surface area contributed by atoms with Gasteiger partial charge in [0.2, 0.25) is 5.91 Å². The number of benzene rings is 1. The quantitative estimate of drug-likeness (QED) is 0.320. The Morgan fingerprint density at radius 1 is 1.09 bits per heavy atom. The monoisotopic (exact) mass is 304 g/mol. The molecule has 0 saturated carbocycles. The van der Waals surface area contributed by atoms with E-state index in [9.17, 15) is 19.7 Å². The number of amides is 1. The SMILES string of the molecule is CCCN(CCC)C(=O)/C=C/C(=O)c1ccc([N+](=O)[O-])cc1. The third-order valence-electron chi connectivity index (χ3n) is 3.04. The second-order valence-corrected chi connectivity index (χ2v) is 4.83. The van der Waals surface area contributed by atoms with Crippen molar-refractivity contribution in [3.05, 3.63) is 52.1 Å². The van der Waals surface area contributed by atoms with Crippen molar-refractivity contribution in [2.24, 2.45) is 0 Å². The third kappa shape index (κ3) is 5.12. The van der Waals surface area contributed by atoms with Crippen molar-refractivity contribution >= 4 is 17.4 Å². The Bertz CT molecular complexity index is 558. The molecule has 1 rings (SSSR count). The number of allylic oxidation sites excluding steroid dienone is 1. The van der Waals surface area contributed by atoms with Gasteiger partial charge in [-0.05, 0) is 31.1 Å². The minimum Gasteiger partial charge on any atom is -0.339 e. The number of carbonyl (C=O) groups is 2. The average molecular weight is 304 g/mol. The minimum absolute atomic E-state index is 0.0753. The van der Waals surface area contributed by atoms with Crippen molar-refractivity contribution in [2.45, 2.75) is 26.7 Å². The molecule has 1 aromatic rings. The van der Waals surface area contributed by atoms with E-state index in [0.717, 1.165) is 12.8 Å². The van der Waals surface area contributed by atoms with E-state index >= 15 is 0 Å². The van der Waals surface area contributed by atoms with Crippen LogP contribution in [0.25, 0.3) is 0 Å². The van der Waals surface area contributed by atoms with Crippen LogP contribution in [0.4, 0.5) is 5.69 Å². The standard InChI is InChI=1S/C16H20N2O4/c1-3-11-17(12-4-2)16(20)10-9-15(19)13-5-7-14(8-6-13)18(21)22/h5-10H,3-4,11-12H2,1-2H3/b10-9+. The number of ketones is 1. The van der Waals surface area contributed by atoms with Gasteiger partial charge in [0.25, 0.3) is 5.69 Å². The lowest BCUT2D eigenvalue weighted by atomic mass is 10.1. The van der Waals surface area contributed by atoms with Crippen LogP contribution in [-0.4, -0.2) is 34.6 Å². The Morgan fingerprint density at radius 3 is 2.09 bits per heavy atom. The Hall–Kier alpha value is -2.50. The number of nitro groups is 1. The largest absolute Gasteiger partial charge is 0.339 e. The number of nitrogens with zero attached hydrogens (tertiary/aromatic N) is 2. The maximum atomic E-state index is 12.0. The molecule has 118 valence electrons. The van der Waals surface area contributed by atoms with E-state index < -0.39 is 4.92 Å². The Morgan fingerprint density at radius 2 is 1.64 bits per heavy atom. The number of nitro benzene ring substituents is 1. The summed E-state index contributed by atoms with van der Waals surface area (Å²) in [4.78, 5) is 35.7. The lowest BCUT2D eigenvalue weighted by Crippen LogP contribution is -2.31. The maximum Gasteiger partial charge on any atom is 0.269 e. The zero-order valence-corrected chi connectivity index (χ0v) is 12.8. The van der Waals surface area contributed by atoms with Crippen LogP contribution < -0.4 is 0 Å². The highest BCUT2D eigenvalue weighted by molar-refractivity contribution is 6.07. The number of hydrogen-bond donors (Lipinski definition) is 0. The predicted molar refractivity (Wildman–Crippen MR) is 83.7 cm³/mol. The lowest BCUT2D eigenvalue weighted by Gasteiger charge is -2.19. The lowest BCUT2D eigenvalue weighted by molar-refractivity contribution is -0.384. The molecule has 0 unspecified atom stereocenters. The first kappa shape index (κ1) is 17.6. The minimum atomic E-state index is -0.527. The number of non-ortho nitro benzene ring substituents is 1. The summed E-state index contributed by atoms with van der Waals surface area (Å²) in [7, 11) is 0. The summed E-state index contributed by atoms with van der Waals surface area (Å²) < 4.78 is 0. The van der Waals surface area contributed by atoms with Gasteiger partial charge in [-0.25, -0.2) is 0 Å². The molecule has 0 bridgehead atoms. The van der Waals surface area contributed by atoms with Gasteiger partial charge in [-0.2, -0.15) is 0 Å². The summed E-state index contributed by atoms with van der Waals surface area (Å²) in [5, 5.41) is 10.6. The number of hydrogen-bond acceptors (Lipinski definition) is 4. The molecule has 6 heteroatoms. The topological polar surface area (TPSA) is 80.5 Å². The zero-order chi connectivity index (χ0) is 16.5. The van der Waals surface area contributed by atoms with Crippen LogP contribution in [0, 0.1) is 10.1 Å². The van der Waals surface area contributed by atoms with Crippen molar-refractivity contribution in [1.29, 1.82) is 0 Å². The molecule has 0 atom stereocenters. The first-order valence-electron chi connectivity index (χ1n) is 7.25. The molecule has 1 aromatic carbocycles. The fourth-order valence-corrected chi connectivity index (χ4v) is 1.97. The predicted octanol–water partition coefficient (Wildman–Crippen LogP) is 2.98. The molecular weight excluding hydrogens is 284 g/mol. The number of carbonyl (C=O) groups excluding carboxylic acids is 2. The maximum absolute atomic E-state index is 12.0.